The Balaban J connectivity index is 2.60. The molecule has 118 valence electrons. The molecular formula is C11H20F3NO3SSi. The Morgan fingerprint density at radius 2 is 2.00 bits per heavy atom. The SMILES string of the molecule is C[Si](C)(C)CCC1CC(OS(=O)(=O)C(F)(F)F)=CCN1. The van der Waals surface area contributed by atoms with Crippen molar-refractivity contribution in [3.63, 3.8) is 0 Å². The van der Waals surface area contributed by atoms with Crippen LogP contribution in [-0.2, 0) is 14.3 Å². The van der Waals surface area contributed by atoms with Gasteiger partial charge in [-0.05, 0) is 12.5 Å². The van der Waals surface area contributed by atoms with Gasteiger partial charge in [0.1, 0.15) is 5.76 Å². The Morgan fingerprint density at radius 3 is 2.50 bits per heavy atom. The van der Waals surface area contributed by atoms with Crippen molar-refractivity contribution in [2.75, 3.05) is 6.54 Å². The van der Waals surface area contributed by atoms with Crippen LogP contribution in [0.4, 0.5) is 13.2 Å². The summed E-state index contributed by atoms with van der Waals surface area (Å²) in [6.07, 6.45) is 2.32. The van der Waals surface area contributed by atoms with Crippen molar-refractivity contribution < 1.29 is 25.8 Å². The number of hydrogen-bond donors (Lipinski definition) is 1. The highest BCUT2D eigenvalue weighted by Crippen LogP contribution is 2.29. The maximum Gasteiger partial charge on any atom is 0.534 e. The smallest absolute Gasteiger partial charge is 0.381 e. The van der Waals surface area contributed by atoms with Gasteiger partial charge < -0.3 is 9.50 Å². The molecule has 1 aliphatic heterocycles. The molecule has 0 spiro atoms. The topological polar surface area (TPSA) is 55.4 Å². The second-order valence-electron chi connectivity index (χ2n) is 6.06. The molecule has 0 bridgehead atoms. The standard InChI is InChI=1S/C11H20F3NO3SSi/c1-20(2,3)7-5-9-8-10(4-6-15-9)18-19(16,17)11(12,13)14/h4,9,15H,5-8H2,1-3H3. The molecule has 0 aromatic rings. The molecule has 0 saturated carbocycles. The van der Waals surface area contributed by atoms with Crippen LogP contribution in [0.1, 0.15) is 12.8 Å². The zero-order chi connectivity index (χ0) is 15.6. The number of hydrogen-bond acceptors (Lipinski definition) is 4. The second kappa shape index (κ2) is 6.06. The summed E-state index contributed by atoms with van der Waals surface area (Å²) in [5.41, 5.74) is -5.38. The Kier molecular flexibility index (Phi) is 5.31. The number of rotatable bonds is 5. The minimum Gasteiger partial charge on any atom is -0.381 e. The lowest BCUT2D eigenvalue weighted by molar-refractivity contribution is -0.0524. The molecule has 1 heterocycles. The Morgan fingerprint density at radius 1 is 1.40 bits per heavy atom. The molecule has 0 fully saturated rings. The molecule has 4 nitrogen and oxygen atoms in total. The number of alkyl halides is 3. The second-order valence-corrected chi connectivity index (χ2v) is 13.2. The lowest BCUT2D eigenvalue weighted by Gasteiger charge is -2.26. The summed E-state index contributed by atoms with van der Waals surface area (Å²) in [7, 11) is -6.79. The van der Waals surface area contributed by atoms with Gasteiger partial charge in [-0.2, -0.15) is 21.6 Å². The molecule has 0 amide bonds. The van der Waals surface area contributed by atoms with E-state index in [1.165, 1.54) is 6.08 Å². The van der Waals surface area contributed by atoms with E-state index in [4.69, 9.17) is 0 Å². The molecule has 1 aliphatic rings. The molecule has 1 N–H and O–H groups in total. The Hall–Kier alpha value is -0.543. The van der Waals surface area contributed by atoms with Gasteiger partial charge in [0.2, 0.25) is 0 Å². The fourth-order valence-electron chi connectivity index (χ4n) is 1.81. The summed E-state index contributed by atoms with van der Waals surface area (Å²) in [6, 6.07) is 0.981. The summed E-state index contributed by atoms with van der Waals surface area (Å²) in [6.45, 7) is 6.94. The first kappa shape index (κ1) is 17.5. The lowest BCUT2D eigenvalue weighted by Crippen LogP contribution is -2.36. The quantitative estimate of drug-likeness (QED) is 0.478. The third kappa shape index (κ3) is 5.45. The van der Waals surface area contributed by atoms with Crippen molar-refractivity contribution in [2.24, 2.45) is 0 Å². The predicted octanol–water partition coefficient (Wildman–Crippen LogP) is 2.83. The van der Waals surface area contributed by atoms with E-state index in [1.807, 2.05) is 0 Å². The van der Waals surface area contributed by atoms with Crippen LogP contribution in [0.5, 0.6) is 0 Å². The van der Waals surface area contributed by atoms with E-state index >= 15 is 0 Å². The number of nitrogens with one attached hydrogen (secondary N) is 1. The van der Waals surface area contributed by atoms with Gasteiger partial charge in [0, 0.05) is 27.1 Å². The Bertz CT molecular complexity index is 468. The molecule has 0 aliphatic carbocycles. The minimum atomic E-state index is -5.55. The maximum absolute atomic E-state index is 12.2. The van der Waals surface area contributed by atoms with Gasteiger partial charge in [-0.3, -0.25) is 0 Å². The first-order valence-electron chi connectivity index (χ1n) is 6.34. The van der Waals surface area contributed by atoms with Crippen LogP contribution in [0.25, 0.3) is 0 Å². The van der Waals surface area contributed by atoms with Crippen molar-refractivity contribution in [2.45, 2.75) is 50.1 Å². The molecule has 0 aromatic heterocycles. The first-order chi connectivity index (χ1) is 8.91. The molecular weight excluding hydrogens is 311 g/mol. The first-order valence-corrected chi connectivity index (χ1v) is 11.5. The van der Waals surface area contributed by atoms with Crippen molar-refractivity contribution in [1.29, 1.82) is 0 Å². The predicted molar refractivity (Wildman–Crippen MR) is 73.3 cm³/mol. The van der Waals surface area contributed by atoms with Crippen molar-refractivity contribution in [3.8, 4) is 0 Å². The summed E-state index contributed by atoms with van der Waals surface area (Å²) in [5, 5.41) is 3.14. The van der Waals surface area contributed by atoms with Crippen molar-refractivity contribution in [1.82, 2.24) is 5.32 Å². The fraction of sp³-hybridized carbons (Fsp3) is 0.818. The van der Waals surface area contributed by atoms with Crippen LogP contribution >= 0.6 is 0 Å². The van der Waals surface area contributed by atoms with Gasteiger partial charge in [0.05, 0.1) is 0 Å². The molecule has 9 heteroatoms. The van der Waals surface area contributed by atoms with Crippen LogP contribution in [0.2, 0.25) is 25.7 Å². The number of halogens is 3. The van der Waals surface area contributed by atoms with Crippen LogP contribution in [-0.4, -0.2) is 34.6 Å². The van der Waals surface area contributed by atoms with E-state index < -0.39 is 23.7 Å². The molecule has 20 heavy (non-hydrogen) atoms. The molecule has 1 unspecified atom stereocenters. The van der Waals surface area contributed by atoms with Gasteiger partial charge in [-0.15, -0.1) is 0 Å². The summed E-state index contributed by atoms with van der Waals surface area (Å²) in [5.74, 6) is -0.123. The van der Waals surface area contributed by atoms with Crippen LogP contribution < -0.4 is 5.32 Å². The fourth-order valence-corrected chi connectivity index (χ4v) is 3.53. The maximum atomic E-state index is 12.2. The summed E-state index contributed by atoms with van der Waals surface area (Å²) < 4.78 is 62.8. The van der Waals surface area contributed by atoms with E-state index in [9.17, 15) is 21.6 Å². The van der Waals surface area contributed by atoms with Crippen molar-refractivity contribution in [3.05, 3.63) is 11.8 Å². The lowest BCUT2D eigenvalue weighted by atomic mass is 10.1. The monoisotopic (exact) mass is 331 g/mol. The molecule has 0 radical (unpaired) electrons. The largest absolute Gasteiger partial charge is 0.534 e. The van der Waals surface area contributed by atoms with Gasteiger partial charge >= 0.3 is 15.6 Å². The van der Waals surface area contributed by atoms with Crippen LogP contribution in [0, 0.1) is 0 Å². The minimum absolute atomic E-state index is 0.0369. The highest BCUT2D eigenvalue weighted by molar-refractivity contribution is 7.87. The van der Waals surface area contributed by atoms with Gasteiger partial charge in [-0.1, -0.05) is 25.7 Å². The third-order valence-corrected chi connectivity index (χ3v) is 5.72. The van der Waals surface area contributed by atoms with E-state index in [2.05, 4.69) is 29.1 Å². The van der Waals surface area contributed by atoms with Crippen LogP contribution in [0.15, 0.2) is 11.8 Å². The summed E-state index contributed by atoms with van der Waals surface area (Å²) >= 11 is 0. The van der Waals surface area contributed by atoms with Crippen LogP contribution in [0.3, 0.4) is 0 Å². The highest BCUT2D eigenvalue weighted by atomic mass is 32.2. The molecule has 0 saturated heterocycles. The van der Waals surface area contributed by atoms with Gasteiger partial charge in [0.15, 0.2) is 0 Å². The van der Waals surface area contributed by atoms with Gasteiger partial charge in [-0.25, -0.2) is 0 Å². The molecule has 1 atom stereocenters. The van der Waals surface area contributed by atoms with E-state index in [0.29, 0.717) is 6.54 Å². The molecule has 1 rings (SSSR count). The molecule has 0 aromatic carbocycles. The average molecular weight is 331 g/mol. The zero-order valence-electron chi connectivity index (χ0n) is 11.8. The third-order valence-electron chi connectivity index (χ3n) is 2.93. The average Bonchev–Trinajstić information content (AvgIpc) is 2.24. The van der Waals surface area contributed by atoms with Gasteiger partial charge in [0.25, 0.3) is 0 Å². The normalized spacial score (nSPS) is 21.5. The highest BCUT2D eigenvalue weighted by Gasteiger charge is 2.49. The van der Waals surface area contributed by atoms with E-state index in [0.717, 1.165) is 12.5 Å². The Labute approximate surface area is 118 Å². The van der Waals surface area contributed by atoms with E-state index in [-0.39, 0.29) is 18.2 Å². The van der Waals surface area contributed by atoms with Crippen molar-refractivity contribution >= 4 is 18.2 Å². The van der Waals surface area contributed by atoms with E-state index in [1.54, 1.807) is 0 Å². The zero-order valence-corrected chi connectivity index (χ0v) is 13.6. The summed E-state index contributed by atoms with van der Waals surface area (Å²) in [4.78, 5) is 0.